The smallest absolute Gasteiger partial charge is 0.267 e. The molecule has 0 atom stereocenters. The number of carbonyl (C=O) groups is 2. The number of anilines is 2. The van der Waals surface area contributed by atoms with Gasteiger partial charge >= 0.3 is 0 Å². The summed E-state index contributed by atoms with van der Waals surface area (Å²) in [5.41, 5.74) is 1.29. The van der Waals surface area contributed by atoms with Gasteiger partial charge in [0.05, 0.1) is 0 Å². The van der Waals surface area contributed by atoms with Crippen LogP contribution in [0.15, 0.2) is 36.0 Å². The highest BCUT2D eigenvalue weighted by Gasteiger charge is 2.16. The molecular weight excluding hydrogens is 318 g/mol. The van der Waals surface area contributed by atoms with Gasteiger partial charge in [-0.05, 0) is 30.8 Å². The predicted molar refractivity (Wildman–Crippen MR) is 96.8 cm³/mol. The van der Waals surface area contributed by atoms with Gasteiger partial charge in [-0.15, -0.1) is 0 Å². The fourth-order valence-corrected chi connectivity index (χ4v) is 2.57. The van der Waals surface area contributed by atoms with Crippen molar-refractivity contribution in [2.24, 2.45) is 0 Å². The molecule has 1 aromatic carbocycles. The number of hydrogen-bond acceptors (Lipinski definition) is 5. The maximum Gasteiger partial charge on any atom is 0.267 e. The first kappa shape index (κ1) is 18.5. The Morgan fingerprint density at radius 3 is 2.16 bits per heavy atom. The Kier molecular flexibility index (Phi) is 6.54. The number of carbonyl (C=O) groups excluding carboxylic acids is 2. The molecule has 25 heavy (non-hydrogen) atoms. The minimum atomic E-state index is -0.437. The van der Waals surface area contributed by atoms with Crippen LogP contribution in [0.5, 0.6) is 0 Å². The number of amides is 2. The highest BCUT2D eigenvalue weighted by atomic mass is 16.2. The quantitative estimate of drug-likeness (QED) is 0.628. The van der Waals surface area contributed by atoms with Crippen molar-refractivity contribution in [2.45, 2.75) is 13.8 Å². The van der Waals surface area contributed by atoms with E-state index in [1.165, 1.54) is 6.92 Å². The first-order valence-electron chi connectivity index (χ1n) is 8.29. The predicted octanol–water partition coefficient (Wildman–Crippen LogP) is 1.63. The molecule has 0 bridgehead atoms. The van der Waals surface area contributed by atoms with Gasteiger partial charge in [-0.25, -0.2) is 0 Å². The van der Waals surface area contributed by atoms with Crippen LogP contribution in [-0.2, 0) is 9.59 Å². The second kappa shape index (κ2) is 8.85. The van der Waals surface area contributed by atoms with Gasteiger partial charge in [-0.1, -0.05) is 6.92 Å². The van der Waals surface area contributed by atoms with Crippen LogP contribution in [0.25, 0.3) is 0 Å². The summed E-state index contributed by atoms with van der Waals surface area (Å²) in [6.07, 6.45) is 1.63. The normalized spacial score (nSPS) is 15.4. The summed E-state index contributed by atoms with van der Waals surface area (Å²) < 4.78 is 0. The van der Waals surface area contributed by atoms with Gasteiger partial charge in [0.25, 0.3) is 5.91 Å². The SMILES string of the molecule is CCN1CCN(/C=C(/C#N)C(=O)Nc2ccc(NC(C)=O)cc2)CC1. The summed E-state index contributed by atoms with van der Waals surface area (Å²) >= 11 is 0. The number of nitrogens with zero attached hydrogens (tertiary/aromatic N) is 3. The van der Waals surface area contributed by atoms with Crippen LogP contribution in [0.3, 0.4) is 0 Å². The molecule has 1 aromatic rings. The van der Waals surface area contributed by atoms with E-state index in [4.69, 9.17) is 0 Å². The maximum atomic E-state index is 12.3. The summed E-state index contributed by atoms with van der Waals surface area (Å²) in [6.45, 7) is 8.03. The fourth-order valence-electron chi connectivity index (χ4n) is 2.57. The van der Waals surface area contributed by atoms with Crippen molar-refractivity contribution in [1.29, 1.82) is 5.26 Å². The number of piperazine rings is 1. The van der Waals surface area contributed by atoms with Crippen molar-refractivity contribution in [2.75, 3.05) is 43.4 Å². The van der Waals surface area contributed by atoms with Crippen molar-refractivity contribution in [3.63, 3.8) is 0 Å². The third-order valence-corrected chi connectivity index (χ3v) is 3.99. The fraction of sp³-hybridized carbons (Fsp3) is 0.389. The molecule has 1 fully saturated rings. The van der Waals surface area contributed by atoms with Gasteiger partial charge in [-0.2, -0.15) is 5.26 Å². The van der Waals surface area contributed by atoms with Gasteiger partial charge in [0, 0.05) is 50.7 Å². The van der Waals surface area contributed by atoms with Crippen LogP contribution in [0, 0.1) is 11.3 Å². The van der Waals surface area contributed by atoms with Gasteiger partial charge in [-0.3, -0.25) is 9.59 Å². The van der Waals surface area contributed by atoms with Crippen molar-refractivity contribution in [1.82, 2.24) is 9.80 Å². The van der Waals surface area contributed by atoms with Crippen LogP contribution in [0.4, 0.5) is 11.4 Å². The molecule has 2 N–H and O–H groups in total. The maximum absolute atomic E-state index is 12.3. The van der Waals surface area contributed by atoms with Crippen molar-refractivity contribution < 1.29 is 9.59 Å². The number of likely N-dealkylation sites (N-methyl/N-ethyl adjacent to an activating group) is 1. The molecule has 0 spiro atoms. The third-order valence-electron chi connectivity index (χ3n) is 3.99. The summed E-state index contributed by atoms with van der Waals surface area (Å²) in [5.74, 6) is -0.595. The number of nitriles is 1. The number of benzene rings is 1. The third kappa shape index (κ3) is 5.62. The van der Waals surface area contributed by atoms with Gasteiger partial charge < -0.3 is 20.4 Å². The molecule has 0 unspecified atom stereocenters. The average molecular weight is 341 g/mol. The van der Waals surface area contributed by atoms with Gasteiger partial charge in [0.1, 0.15) is 11.6 Å². The number of nitrogens with one attached hydrogen (secondary N) is 2. The summed E-state index contributed by atoms with van der Waals surface area (Å²) in [4.78, 5) is 27.6. The lowest BCUT2D eigenvalue weighted by Gasteiger charge is -2.33. The highest BCUT2D eigenvalue weighted by Crippen LogP contribution is 2.14. The van der Waals surface area contributed by atoms with E-state index in [9.17, 15) is 14.9 Å². The van der Waals surface area contributed by atoms with Crippen molar-refractivity contribution in [3.8, 4) is 6.07 Å². The molecule has 1 heterocycles. The van der Waals surface area contributed by atoms with Crippen LogP contribution < -0.4 is 10.6 Å². The molecule has 1 saturated heterocycles. The molecule has 132 valence electrons. The van der Waals surface area contributed by atoms with Crippen molar-refractivity contribution in [3.05, 3.63) is 36.0 Å². The highest BCUT2D eigenvalue weighted by molar-refractivity contribution is 6.06. The molecule has 1 aliphatic heterocycles. The minimum Gasteiger partial charge on any atom is -0.374 e. The summed E-state index contributed by atoms with van der Waals surface area (Å²) in [7, 11) is 0. The van der Waals surface area contributed by atoms with E-state index >= 15 is 0 Å². The summed E-state index contributed by atoms with van der Waals surface area (Å²) in [6, 6.07) is 8.71. The Balaban J connectivity index is 1.97. The Hall–Kier alpha value is -2.85. The molecule has 0 saturated carbocycles. The Bertz CT molecular complexity index is 682. The van der Waals surface area contributed by atoms with Crippen LogP contribution in [0.2, 0.25) is 0 Å². The van der Waals surface area contributed by atoms with Crippen LogP contribution >= 0.6 is 0 Å². The number of rotatable bonds is 5. The Morgan fingerprint density at radius 1 is 1.12 bits per heavy atom. The molecule has 2 amide bonds. The van der Waals surface area contributed by atoms with Crippen LogP contribution in [-0.4, -0.2) is 54.3 Å². The second-order valence-electron chi connectivity index (χ2n) is 5.84. The summed E-state index contributed by atoms with van der Waals surface area (Å²) in [5, 5.41) is 14.6. The lowest BCUT2D eigenvalue weighted by Crippen LogP contribution is -2.44. The molecule has 0 radical (unpaired) electrons. The molecule has 7 nitrogen and oxygen atoms in total. The molecular formula is C18H23N5O2. The van der Waals surface area contributed by atoms with E-state index in [1.54, 1.807) is 30.5 Å². The van der Waals surface area contributed by atoms with E-state index in [0.29, 0.717) is 11.4 Å². The van der Waals surface area contributed by atoms with E-state index in [2.05, 4.69) is 22.5 Å². The molecule has 7 heteroatoms. The van der Waals surface area contributed by atoms with E-state index in [-0.39, 0.29) is 11.5 Å². The van der Waals surface area contributed by atoms with Crippen molar-refractivity contribution >= 4 is 23.2 Å². The minimum absolute atomic E-state index is 0.0795. The van der Waals surface area contributed by atoms with Crippen LogP contribution in [0.1, 0.15) is 13.8 Å². The van der Waals surface area contributed by atoms with Gasteiger partial charge in [0.2, 0.25) is 5.91 Å². The lowest BCUT2D eigenvalue weighted by molar-refractivity contribution is -0.114. The Morgan fingerprint density at radius 2 is 1.68 bits per heavy atom. The van der Waals surface area contributed by atoms with Gasteiger partial charge in [0.15, 0.2) is 0 Å². The second-order valence-corrected chi connectivity index (χ2v) is 5.84. The topological polar surface area (TPSA) is 88.5 Å². The zero-order chi connectivity index (χ0) is 18.2. The zero-order valence-electron chi connectivity index (χ0n) is 14.6. The zero-order valence-corrected chi connectivity index (χ0v) is 14.6. The first-order valence-corrected chi connectivity index (χ1v) is 8.29. The van der Waals surface area contributed by atoms with E-state index < -0.39 is 5.91 Å². The largest absolute Gasteiger partial charge is 0.374 e. The van der Waals surface area contributed by atoms with E-state index in [1.807, 2.05) is 11.0 Å². The standard InChI is InChI=1S/C18H23N5O2/c1-3-22-8-10-23(11-9-22)13-15(12-19)18(25)21-17-6-4-16(5-7-17)20-14(2)24/h4-7,13H,3,8-11H2,1-2H3,(H,20,24)(H,21,25)/b15-13-. The van der Waals surface area contributed by atoms with E-state index in [0.717, 1.165) is 32.7 Å². The number of hydrogen-bond donors (Lipinski definition) is 2. The Labute approximate surface area is 147 Å². The lowest BCUT2D eigenvalue weighted by atomic mass is 10.2. The molecule has 1 aliphatic rings. The average Bonchev–Trinajstić information content (AvgIpc) is 2.61. The molecule has 0 aromatic heterocycles. The monoisotopic (exact) mass is 341 g/mol. The first-order chi connectivity index (χ1) is 12.0. The molecule has 2 rings (SSSR count). The molecule has 0 aliphatic carbocycles.